The van der Waals surface area contributed by atoms with E-state index in [0.717, 1.165) is 62.0 Å². The van der Waals surface area contributed by atoms with Gasteiger partial charge in [0.15, 0.2) is 17.2 Å². The Bertz CT molecular complexity index is 920. The third kappa shape index (κ3) is 3.09. The van der Waals surface area contributed by atoms with Gasteiger partial charge in [0.05, 0.1) is 0 Å². The average molecular weight is 366 g/mol. The van der Waals surface area contributed by atoms with Crippen LogP contribution in [0.3, 0.4) is 0 Å². The van der Waals surface area contributed by atoms with Crippen molar-refractivity contribution in [2.75, 3.05) is 18.0 Å². The molecule has 2 fully saturated rings. The van der Waals surface area contributed by atoms with Crippen molar-refractivity contribution in [2.24, 2.45) is 5.92 Å². The Labute approximate surface area is 158 Å². The maximum absolute atomic E-state index is 5.70. The summed E-state index contributed by atoms with van der Waals surface area (Å²) >= 11 is 0. The summed E-state index contributed by atoms with van der Waals surface area (Å²) in [7, 11) is 0. The fourth-order valence-electron chi connectivity index (χ4n) is 4.31. The fraction of sp³-hybridized carbons (Fsp3) is 0.600. The van der Waals surface area contributed by atoms with E-state index in [2.05, 4.69) is 30.6 Å². The molecule has 0 spiro atoms. The topological polar surface area (TPSA) is 72.9 Å². The Morgan fingerprint density at radius 2 is 1.96 bits per heavy atom. The molecule has 7 nitrogen and oxygen atoms in total. The Morgan fingerprint density at radius 1 is 1.11 bits per heavy atom. The van der Waals surface area contributed by atoms with Crippen LogP contribution in [0.4, 0.5) is 5.82 Å². The first kappa shape index (κ1) is 16.7. The van der Waals surface area contributed by atoms with Crippen molar-refractivity contribution < 1.29 is 4.42 Å². The predicted molar refractivity (Wildman–Crippen MR) is 103 cm³/mol. The maximum Gasteiger partial charge on any atom is 0.252 e. The second-order valence-corrected chi connectivity index (χ2v) is 7.81. The van der Waals surface area contributed by atoms with E-state index >= 15 is 0 Å². The highest BCUT2D eigenvalue weighted by Gasteiger charge is 2.28. The number of imidazole rings is 1. The summed E-state index contributed by atoms with van der Waals surface area (Å²) in [5.74, 6) is 4.27. The van der Waals surface area contributed by atoms with Gasteiger partial charge in [0.2, 0.25) is 0 Å². The second kappa shape index (κ2) is 6.94. The van der Waals surface area contributed by atoms with Crippen molar-refractivity contribution in [3.8, 4) is 0 Å². The number of piperidine rings is 1. The van der Waals surface area contributed by atoms with E-state index in [1.54, 1.807) is 6.33 Å². The standard InChI is InChI=1S/C20H26N6O/c1-2-16-24-17-19(22-13-23-20(17)27-16)25-9-6-15(7-10-25)18-21-8-11-26(18)12-14-4-3-5-14/h8,11,13-15H,2-7,9-10,12H2,1H3. The number of aryl methyl sites for hydroxylation is 1. The van der Waals surface area contributed by atoms with E-state index in [4.69, 9.17) is 9.40 Å². The van der Waals surface area contributed by atoms with Gasteiger partial charge in [-0.3, -0.25) is 0 Å². The second-order valence-electron chi connectivity index (χ2n) is 7.81. The number of oxazole rings is 1. The third-order valence-electron chi connectivity index (χ3n) is 6.11. The molecule has 0 radical (unpaired) electrons. The molecule has 7 heteroatoms. The predicted octanol–water partition coefficient (Wildman–Crippen LogP) is 3.56. The maximum atomic E-state index is 5.70. The molecule has 1 saturated carbocycles. The number of rotatable bonds is 5. The number of aromatic nitrogens is 5. The first-order valence-corrected chi connectivity index (χ1v) is 10.2. The molecule has 1 aliphatic heterocycles. The summed E-state index contributed by atoms with van der Waals surface area (Å²) in [5.41, 5.74) is 1.38. The van der Waals surface area contributed by atoms with Gasteiger partial charge in [-0.05, 0) is 31.6 Å². The number of nitrogens with zero attached hydrogens (tertiary/aromatic N) is 6. The van der Waals surface area contributed by atoms with E-state index in [9.17, 15) is 0 Å². The van der Waals surface area contributed by atoms with E-state index in [0.29, 0.717) is 11.6 Å². The van der Waals surface area contributed by atoms with Gasteiger partial charge in [0.25, 0.3) is 5.71 Å². The summed E-state index contributed by atoms with van der Waals surface area (Å²) in [6.45, 7) is 5.10. The smallest absolute Gasteiger partial charge is 0.252 e. The minimum absolute atomic E-state index is 0.525. The van der Waals surface area contributed by atoms with Crippen molar-refractivity contribution in [2.45, 2.75) is 57.9 Å². The Kier molecular flexibility index (Phi) is 4.30. The van der Waals surface area contributed by atoms with Crippen LogP contribution in [0.15, 0.2) is 23.1 Å². The van der Waals surface area contributed by atoms with Crippen LogP contribution in [0.1, 0.15) is 56.7 Å². The lowest BCUT2D eigenvalue weighted by atomic mass is 9.85. The summed E-state index contributed by atoms with van der Waals surface area (Å²) in [5, 5.41) is 0. The normalized spacial score (nSPS) is 18.9. The molecule has 5 rings (SSSR count). The number of fused-ring (bicyclic) bond motifs is 1. The highest BCUT2D eigenvalue weighted by Crippen LogP contribution is 2.33. The molecule has 3 aromatic rings. The van der Waals surface area contributed by atoms with Gasteiger partial charge in [-0.15, -0.1) is 0 Å². The third-order valence-corrected chi connectivity index (χ3v) is 6.11. The zero-order chi connectivity index (χ0) is 18.2. The molecule has 1 aliphatic carbocycles. The average Bonchev–Trinajstić information content (AvgIpc) is 3.31. The minimum Gasteiger partial charge on any atom is -0.422 e. The summed E-state index contributed by atoms with van der Waals surface area (Å²) < 4.78 is 8.10. The van der Waals surface area contributed by atoms with Crippen LogP contribution >= 0.6 is 0 Å². The molecular weight excluding hydrogens is 340 g/mol. The molecule has 0 bridgehead atoms. The van der Waals surface area contributed by atoms with Crippen molar-refractivity contribution in [3.05, 3.63) is 30.4 Å². The van der Waals surface area contributed by atoms with E-state index in [1.807, 2.05) is 13.1 Å². The van der Waals surface area contributed by atoms with Gasteiger partial charge < -0.3 is 13.9 Å². The molecule has 142 valence electrons. The molecule has 1 saturated heterocycles. The number of anilines is 1. The van der Waals surface area contributed by atoms with Crippen LogP contribution in [0.2, 0.25) is 0 Å². The lowest BCUT2D eigenvalue weighted by Crippen LogP contribution is -2.34. The Morgan fingerprint density at radius 3 is 2.70 bits per heavy atom. The molecular formula is C20H26N6O. The molecule has 0 aromatic carbocycles. The van der Waals surface area contributed by atoms with E-state index in [1.165, 1.54) is 25.1 Å². The van der Waals surface area contributed by atoms with Gasteiger partial charge in [-0.2, -0.15) is 4.98 Å². The van der Waals surface area contributed by atoms with Gasteiger partial charge >= 0.3 is 0 Å². The zero-order valence-corrected chi connectivity index (χ0v) is 15.8. The van der Waals surface area contributed by atoms with Crippen LogP contribution in [0, 0.1) is 5.92 Å². The van der Waals surface area contributed by atoms with Crippen LogP contribution < -0.4 is 4.90 Å². The van der Waals surface area contributed by atoms with Crippen molar-refractivity contribution in [3.63, 3.8) is 0 Å². The van der Waals surface area contributed by atoms with Gasteiger partial charge in [0.1, 0.15) is 12.2 Å². The highest BCUT2D eigenvalue weighted by molar-refractivity contribution is 5.81. The first-order valence-electron chi connectivity index (χ1n) is 10.2. The highest BCUT2D eigenvalue weighted by atomic mass is 16.4. The molecule has 0 N–H and O–H groups in total. The lowest BCUT2D eigenvalue weighted by molar-refractivity contribution is 0.270. The Hall–Kier alpha value is -2.44. The van der Waals surface area contributed by atoms with Crippen LogP contribution in [0.5, 0.6) is 0 Å². The fourth-order valence-corrected chi connectivity index (χ4v) is 4.31. The SMILES string of the molecule is CCc1nc2c(N3CCC(c4nccn4CC4CCC4)CC3)ncnc2o1. The van der Waals surface area contributed by atoms with Crippen LogP contribution in [0.25, 0.3) is 11.2 Å². The van der Waals surface area contributed by atoms with E-state index < -0.39 is 0 Å². The summed E-state index contributed by atoms with van der Waals surface area (Å²) in [6, 6.07) is 0. The molecule has 4 heterocycles. The van der Waals surface area contributed by atoms with Crippen molar-refractivity contribution in [1.29, 1.82) is 0 Å². The van der Waals surface area contributed by atoms with Crippen molar-refractivity contribution >= 4 is 17.0 Å². The molecule has 0 unspecified atom stereocenters. The van der Waals surface area contributed by atoms with Crippen molar-refractivity contribution in [1.82, 2.24) is 24.5 Å². The zero-order valence-electron chi connectivity index (χ0n) is 15.8. The molecule has 0 atom stereocenters. The Balaban J connectivity index is 1.31. The van der Waals surface area contributed by atoms with Gasteiger partial charge in [-0.25, -0.2) is 15.0 Å². The quantitative estimate of drug-likeness (QED) is 0.687. The van der Waals surface area contributed by atoms with Gasteiger partial charge in [0, 0.05) is 44.4 Å². The summed E-state index contributed by atoms with van der Waals surface area (Å²) in [6.07, 6.45) is 12.8. The number of hydrogen-bond acceptors (Lipinski definition) is 6. The summed E-state index contributed by atoms with van der Waals surface area (Å²) in [4.78, 5) is 20.4. The monoisotopic (exact) mass is 366 g/mol. The lowest BCUT2D eigenvalue weighted by Gasteiger charge is -2.33. The first-order chi connectivity index (χ1) is 13.3. The van der Waals surface area contributed by atoms with E-state index in [-0.39, 0.29) is 0 Å². The largest absolute Gasteiger partial charge is 0.422 e. The van der Waals surface area contributed by atoms with Crippen LogP contribution in [-0.2, 0) is 13.0 Å². The molecule has 3 aromatic heterocycles. The molecule has 0 amide bonds. The van der Waals surface area contributed by atoms with Crippen LogP contribution in [-0.4, -0.2) is 37.6 Å². The molecule has 27 heavy (non-hydrogen) atoms. The van der Waals surface area contributed by atoms with Gasteiger partial charge in [-0.1, -0.05) is 13.3 Å². The minimum atomic E-state index is 0.525. The number of hydrogen-bond donors (Lipinski definition) is 0. The molecule has 2 aliphatic rings.